The molecular formula is C19H24N2O4S. The molecule has 2 aliphatic heterocycles. The SMILES string of the molecule is C=C/C=C(\C=C)Oc1ccc(S(=O)(=O)N2CCC3(CC2)NCCO3)cc1. The summed E-state index contributed by atoms with van der Waals surface area (Å²) in [6, 6.07) is 6.41. The molecule has 1 N–H and O–H groups in total. The van der Waals surface area contributed by atoms with Gasteiger partial charge in [0.25, 0.3) is 0 Å². The predicted octanol–water partition coefficient (Wildman–Crippen LogP) is 2.42. The Morgan fingerprint density at radius 2 is 1.92 bits per heavy atom. The van der Waals surface area contributed by atoms with E-state index in [2.05, 4.69) is 18.5 Å². The molecule has 3 rings (SSSR count). The van der Waals surface area contributed by atoms with Crippen molar-refractivity contribution in [2.75, 3.05) is 26.2 Å². The lowest BCUT2D eigenvalue weighted by atomic mass is 10.0. The van der Waals surface area contributed by atoms with Crippen molar-refractivity contribution in [2.45, 2.75) is 23.5 Å². The van der Waals surface area contributed by atoms with Crippen LogP contribution in [0, 0.1) is 0 Å². The highest BCUT2D eigenvalue weighted by atomic mass is 32.2. The molecule has 1 spiro atoms. The summed E-state index contributed by atoms with van der Waals surface area (Å²) < 4.78 is 38.6. The Hall–Kier alpha value is -1.93. The number of hydrogen-bond donors (Lipinski definition) is 1. The van der Waals surface area contributed by atoms with E-state index in [1.807, 2.05) is 0 Å². The Bertz CT molecular complexity index is 783. The molecule has 0 amide bonds. The Morgan fingerprint density at radius 1 is 1.23 bits per heavy atom. The maximum atomic E-state index is 12.9. The number of nitrogens with zero attached hydrogens (tertiary/aromatic N) is 1. The first-order valence-electron chi connectivity index (χ1n) is 8.61. The zero-order valence-corrected chi connectivity index (χ0v) is 15.5. The molecule has 0 atom stereocenters. The second-order valence-corrected chi connectivity index (χ2v) is 8.19. The molecule has 2 aliphatic rings. The van der Waals surface area contributed by atoms with E-state index in [0.29, 0.717) is 44.0 Å². The molecule has 1 aromatic rings. The van der Waals surface area contributed by atoms with Gasteiger partial charge in [0.2, 0.25) is 10.0 Å². The Kier molecular flexibility index (Phi) is 5.62. The van der Waals surface area contributed by atoms with E-state index in [-0.39, 0.29) is 10.6 Å². The maximum absolute atomic E-state index is 12.9. The summed E-state index contributed by atoms with van der Waals surface area (Å²) in [7, 11) is -3.53. The summed E-state index contributed by atoms with van der Waals surface area (Å²) >= 11 is 0. The van der Waals surface area contributed by atoms with Crippen LogP contribution < -0.4 is 10.1 Å². The number of ether oxygens (including phenoxy) is 2. The summed E-state index contributed by atoms with van der Waals surface area (Å²) in [5, 5.41) is 3.34. The van der Waals surface area contributed by atoms with E-state index >= 15 is 0 Å². The summed E-state index contributed by atoms with van der Waals surface area (Å²) in [4.78, 5) is 0.258. The van der Waals surface area contributed by atoms with Crippen molar-refractivity contribution in [1.82, 2.24) is 9.62 Å². The van der Waals surface area contributed by atoms with Gasteiger partial charge in [-0.15, -0.1) is 0 Å². The summed E-state index contributed by atoms with van der Waals surface area (Å²) in [5.74, 6) is 1.08. The van der Waals surface area contributed by atoms with Crippen molar-refractivity contribution in [3.05, 3.63) is 61.4 Å². The first kappa shape index (κ1) is 18.8. The van der Waals surface area contributed by atoms with E-state index in [9.17, 15) is 8.42 Å². The van der Waals surface area contributed by atoms with Crippen molar-refractivity contribution in [2.24, 2.45) is 0 Å². The van der Waals surface area contributed by atoms with Crippen molar-refractivity contribution in [1.29, 1.82) is 0 Å². The molecule has 140 valence electrons. The van der Waals surface area contributed by atoms with Gasteiger partial charge >= 0.3 is 0 Å². The van der Waals surface area contributed by atoms with Gasteiger partial charge in [0.05, 0.1) is 11.5 Å². The largest absolute Gasteiger partial charge is 0.457 e. The number of piperidine rings is 1. The molecule has 0 aromatic heterocycles. The Morgan fingerprint density at radius 3 is 2.46 bits per heavy atom. The van der Waals surface area contributed by atoms with Gasteiger partial charge in [0.15, 0.2) is 0 Å². The lowest BCUT2D eigenvalue weighted by Gasteiger charge is -2.37. The number of rotatable bonds is 6. The van der Waals surface area contributed by atoms with E-state index in [0.717, 1.165) is 6.54 Å². The van der Waals surface area contributed by atoms with Gasteiger partial charge in [0, 0.05) is 32.5 Å². The molecule has 0 radical (unpaired) electrons. The molecular weight excluding hydrogens is 352 g/mol. The second kappa shape index (κ2) is 7.75. The number of allylic oxidation sites excluding steroid dienone is 3. The monoisotopic (exact) mass is 376 g/mol. The average molecular weight is 376 g/mol. The van der Waals surface area contributed by atoms with Crippen molar-refractivity contribution in [3.63, 3.8) is 0 Å². The number of hydrogen-bond acceptors (Lipinski definition) is 5. The van der Waals surface area contributed by atoms with Crippen molar-refractivity contribution < 1.29 is 17.9 Å². The molecule has 2 heterocycles. The van der Waals surface area contributed by atoms with Crippen LogP contribution in [0.25, 0.3) is 0 Å². The molecule has 26 heavy (non-hydrogen) atoms. The smallest absolute Gasteiger partial charge is 0.243 e. The minimum absolute atomic E-state index is 0.258. The van der Waals surface area contributed by atoms with Gasteiger partial charge in [0.1, 0.15) is 17.2 Å². The van der Waals surface area contributed by atoms with E-state index in [1.54, 1.807) is 42.5 Å². The van der Waals surface area contributed by atoms with Gasteiger partial charge in [-0.25, -0.2) is 8.42 Å². The van der Waals surface area contributed by atoms with Gasteiger partial charge in [-0.05, 0) is 36.4 Å². The maximum Gasteiger partial charge on any atom is 0.243 e. The van der Waals surface area contributed by atoms with Crippen LogP contribution in [0.1, 0.15) is 12.8 Å². The van der Waals surface area contributed by atoms with Crippen LogP contribution in [0.3, 0.4) is 0 Å². The van der Waals surface area contributed by atoms with Gasteiger partial charge in [-0.3, -0.25) is 5.32 Å². The van der Waals surface area contributed by atoms with Crippen molar-refractivity contribution >= 4 is 10.0 Å². The third kappa shape index (κ3) is 3.91. The molecule has 0 bridgehead atoms. The number of benzene rings is 1. The fraction of sp³-hybridized carbons (Fsp3) is 0.368. The lowest BCUT2D eigenvalue weighted by molar-refractivity contribution is -0.0445. The topological polar surface area (TPSA) is 67.9 Å². The van der Waals surface area contributed by atoms with Crippen LogP contribution in [0.15, 0.2) is 66.3 Å². The minimum atomic E-state index is -3.53. The van der Waals surface area contributed by atoms with Crippen LogP contribution in [0.2, 0.25) is 0 Å². The average Bonchev–Trinajstić information content (AvgIpc) is 3.10. The fourth-order valence-electron chi connectivity index (χ4n) is 3.21. The van der Waals surface area contributed by atoms with E-state index in [4.69, 9.17) is 9.47 Å². The Labute approximate surface area is 154 Å². The van der Waals surface area contributed by atoms with Gasteiger partial charge < -0.3 is 9.47 Å². The van der Waals surface area contributed by atoms with Crippen molar-refractivity contribution in [3.8, 4) is 5.75 Å². The van der Waals surface area contributed by atoms with Gasteiger partial charge in [-0.1, -0.05) is 19.2 Å². The van der Waals surface area contributed by atoms with Gasteiger partial charge in [-0.2, -0.15) is 4.31 Å². The second-order valence-electron chi connectivity index (χ2n) is 6.26. The van der Waals surface area contributed by atoms with Crippen LogP contribution in [0.4, 0.5) is 0 Å². The summed E-state index contributed by atoms with van der Waals surface area (Å²) in [6.07, 6.45) is 6.15. The van der Waals surface area contributed by atoms with Crippen LogP contribution >= 0.6 is 0 Å². The lowest BCUT2D eigenvalue weighted by Crippen LogP contribution is -2.52. The molecule has 1 aromatic carbocycles. The van der Waals surface area contributed by atoms with Crippen LogP contribution in [-0.2, 0) is 14.8 Å². The molecule has 0 unspecified atom stereocenters. The molecule has 0 saturated carbocycles. The zero-order chi connectivity index (χ0) is 18.6. The number of sulfonamides is 1. The third-order valence-electron chi connectivity index (χ3n) is 4.64. The highest BCUT2D eigenvalue weighted by Crippen LogP contribution is 2.30. The quantitative estimate of drug-likeness (QED) is 0.610. The molecule has 6 nitrogen and oxygen atoms in total. The molecule has 7 heteroatoms. The summed E-state index contributed by atoms with van der Waals surface area (Å²) in [5.41, 5.74) is -0.345. The highest BCUT2D eigenvalue weighted by Gasteiger charge is 2.41. The molecule has 2 fully saturated rings. The van der Waals surface area contributed by atoms with Crippen LogP contribution in [0.5, 0.6) is 5.75 Å². The highest BCUT2D eigenvalue weighted by molar-refractivity contribution is 7.89. The molecule has 0 aliphatic carbocycles. The number of nitrogens with one attached hydrogen (secondary N) is 1. The summed E-state index contributed by atoms with van der Waals surface area (Å²) in [6.45, 7) is 9.66. The first-order valence-corrected chi connectivity index (χ1v) is 10.1. The fourth-order valence-corrected chi connectivity index (χ4v) is 4.65. The standard InChI is InChI=1S/C19H24N2O4S/c1-3-5-16(4-2)25-17-6-8-18(9-7-17)26(22,23)21-13-10-19(11-14-21)20-12-15-24-19/h3-9,20H,1-2,10-15H2/b16-5+. The van der Waals surface area contributed by atoms with Crippen LogP contribution in [-0.4, -0.2) is 44.7 Å². The third-order valence-corrected chi connectivity index (χ3v) is 6.55. The zero-order valence-electron chi connectivity index (χ0n) is 14.7. The molecule has 2 saturated heterocycles. The predicted molar refractivity (Wildman–Crippen MR) is 100 cm³/mol. The normalized spacial score (nSPS) is 20.8. The first-order chi connectivity index (χ1) is 12.5. The van der Waals surface area contributed by atoms with E-state index in [1.165, 1.54) is 4.31 Å². The Balaban J connectivity index is 1.69. The van der Waals surface area contributed by atoms with E-state index < -0.39 is 10.0 Å². The minimum Gasteiger partial charge on any atom is -0.457 e.